The molecule has 152 valence electrons. The Labute approximate surface area is 166 Å². The van der Waals surface area contributed by atoms with Crippen LogP contribution in [0.4, 0.5) is 0 Å². The zero-order chi connectivity index (χ0) is 19.8. The van der Waals surface area contributed by atoms with Crippen molar-refractivity contribution in [2.24, 2.45) is 45.3 Å². The van der Waals surface area contributed by atoms with Gasteiger partial charge < -0.3 is 5.11 Å². The minimum absolute atomic E-state index is 0.262. The Bertz CT molecular complexity index is 676. The lowest BCUT2D eigenvalue weighted by molar-refractivity contribution is -0.147. The van der Waals surface area contributed by atoms with E-state index < -0.39 is 0 Å². The maximum Gasteiger partial charge on any atom is 0.142 e. The number of Topliss-reactive ketones (excluding diaryl/α,β-unsaturated/α-hetero) is 1. The zero-order valence-electron chi connectivity index (χ0n) is 18.4. The van der Waals surface area contributed by atoms with Gasteiger partial charge in [0.05, 0.1) is 0 Å². The zero-order valence-corrected chi connectivity index (χ0v) is 18.4. The van der Waals surface area contributed by atoms with E-state index in [1.54, 1.807) is 0 Å². The van der Waals surface area contributed by atoms with Crippen molar-refractivity contribution < 1.29 is 9.90 Å². The van der Waals surface area contributed by atoms with Crippen LogP contribution in [0.15, 0.2) is 11.6 Å². The summed E-state index contributed by atoms with van der Waals surface area (Å²) in [6.45, 7) is 14.6. The first-order valence-corrected chi connectivity index (χ1v) is 11.4. The van der Waals surface area contributed by atoms with Crippen LogP contribution in [0, 0.1) is 45.3 Å². The molecule has 7 atom stereocenters. The highest BCUT2D eigenvalue weighted by atomic mass is 16.3. The third kappa shape index (κ3) is 2.31. The molecule has 7 unspecified atom stereocenters. The van der Waals surface area contributed by atoms with Crippen LogP contribution in [0.5, 0.6) is 0 Å². The fraction of sp³-hybridized carbons (Fsp3) is 0.880. The van der Waals surface area contributed by atoms with Gasteiger partial charge in [-0.25, -0.2) is 0 Å². The molecule has 27 heavy (non-hydrogen) atoms. The van der Waals surface area contributed by atoms with Gasteiger partial charge in [0.2, 0.25) is 0 Å². The molecule has 4 aliphatic carbocycles. The summed E-state index contributed by atoms with van der Waals surface area (Å²) in [5.41, 5.74) is 2.21. The Hall–Kier alpha value is -0.630. The molecule has 0 spiro atoms. The Morgan fingerprint density at radius 1 is 1.07 bits per heavy atom. The Morgan fingerprint density at radius 2 is 1.78 bits per heavy atom. The summed E-state index contributed by atoms with van der Waals surface area (Å²) in [6, 6.07) is 0. The van der Waals surface area contributed by atoms with E-state index in [0.29, 0.717) is 52.3 Å². The maximum atomic E-state index is 12.6. The van der Waals surface area contributed by atoms with Gasteiger partial charge in [-0.05, 0) is 92.3 Å². The summed E-state index contributed by atoms with van der Waals surface area (Å²) >= 11 is 0. The predicted molar refractivity (Wildman–Crippen MR) is 110 cm³/mol. The minimum atomic E-state index is -0.262. The quantitative estimate of drug-likeness (QED) is 0.623. The molecule has 0 aromatic heterocycles. The number of hydrogen-bond acceptors (Lipinski definition) is 2. The van der Waals surface area contributed by atoms with E-state index in [1.165, 1.54) is 31.3 Å². The Morgan fingerprint density at radius 3 is 2.44 bits per heavy atom. The van der Waals surface area contributed by atoms with Gasteiger partial charge in [0.1, 0.15) is 5.78 Å². The van der Waals surface area contributed by atoms with Crippen molar-refractivity contribution in [3.8, 4) is 0 Å². The van der Waals surface area contributed by atoms with Gasteiger partial charge >= 0.3 is 0 Å². The molecule has 2 nitrogen and oxygen atoms in total. The number of allylic oxidation sites excluding steroid dienone is 2. The van der Waals surface area contributed by atoms with Gasteiger partial charge in [-0.1, -0.05) is 39.3 Å². The number of ketones is 1. The summed E-state index contributed by atoms with van der Waals surface area (Å²) in [4.78, 5) is 12.6. The molecule has 0 aromatic rings. The molecule has 3 fully saturated rings. The van der Waals surface area contributed by atoms with Gasteiger partial charge in [-0.2, -0.15) is 0 Å². The number of aliphatic hydroxyl groups excluding tert-OH is 1. The molecule has 0 saturated heterocycles. The van der Waals surface area contributed by atoms with E-state index in [9.17, 15) is 9.90 Å². The highest BCUT2D eigenvalue weighted by Crippen LogP contribution is 2.74. The fourth-order valence-corrected chi connectivity index (χ4v) is 8.61. The van der Waals surface area contributed by atoms with E-state index in [2.05, 4.69) is 47.6 Å². The largest absolute Gasteiger partial charge is 0.396 e. The van der Waals surface area contributed by atoms with Crippen LogP contribution in [0.1, 0.15) is 86.5 Å². The number of aliphatic hydroxyl groups is 1. The van der Waals surface area contributed by atoms with Gasteiger partial charge in [0, 0.05) is 18.4 Å². The third-order valence-corrected chi connectivity index (χ3v) is 10.6. The van der Waals surface area contributed by atoms with Gasteiger partial charge in [-0.3, -0.25) is 4.79 Å². The number of fused-ring (bicyclic) bond motifs is 5. The van der Waals surface area contributed by atoms with Crippen LogP contribution in [-0.2, 0) is 4.79 Å². The number of carbonyl (C=O) groups excluding carboxylic acids is 1. The number of carbonyl (C=O) groups is 1. The first kappa shape index (κ1) is 19.7. The van der Waals surface area contributed by atoms with Gasteiger partial charge in [-0.15, -0.1) is 0 Å². The molecular formula is C25H40O2. The van der Waals surface area contributed by atoms with E-state index in [0.717, 1.165) is 19.3 Å². The second-order valence-electron chi connectivity index (χ2n) is 11.7. The standard InChI is InChI=1S/C25H40O2/c1-16(15-26)17-11-12-25(6)20-9-7-18-19(8-10-21(27)22(18,2)3)23(20,4)13-14-24(17,25)5/h7,16-17,19-20,26H,8-15H2,1-6H3. The molecule has 0 radical (unpaired) electrons. The molecule has 4 aliphatic rings. The molecule has 0 amide bonds. The molecule has 0 aromatic carbocycles. The second-order valence-corrected chi connectivity index (χ2v) is 11.7. The Balaban J connectivity index is 1.75. The summed E-state index contributed by atoms with van der Waals surface area (Å²) in [5, 5.41) is 9.86. The molecule has 2 heteroatoms. The SMILES string of the molecule is CC(CO)C1CCC2(C)C3CC=C4C(CCC(=O)C4(C)C)C3(C)CCC12C. The van der Waals surface area contributed by atoms with Crippen LogP contribution in [0.25, 0.3) is 0 Å². The van der Waals surface area contributed by atoms with Gasteiger partial charge in [0.25, 0.3) is 0 Å². The van der Waals surface area contributed by atoms with Crippen molar-refractivity contribution in [2.75, 3.05) is 6.61 Å². The van der Waals surface area contributed by atoms with Gasteiger partial charge in [0.15, 0.2) is 0 Å². The first-order valence-electron chi connectivity index (χ1n) is 11.4. The summed E-state index contributed by atoms with van der Waals surface area (Å²) in [7, 11) is 0. The van der Waals surface area contributed by atoms with Crippen molar-refractivity contribution in [2.45, 2.75) is 86.5 Å². The summed E-state index contributed by atoms with van der Waals surface area (Å²) < 4.78 is 0. The lowest BCUT2D eigenvalue weighted by Gasteiger charge is -2.65. The first-order chi connectivity index (χ1) is 12.5. The smallest absolute Gasteiger partial charge is 0.142 e. The summed E-state index contributed by atoms with van der Waals surface area (Å²) in [6.07, 6.45) is 10.6. The van der Waals surface area contributed by atoms with Crippen LogP contribution in [0.2, 0.25) is 0 Å². The predicted octanol–water partition coefficient (Wildman–Crippen LogP) is 5.79. The monoisotopic (exact) mass is 372 g/mol. The van der Waals surface area contributed by atoms with Crippen molar-refractivity contribution in [1.82, 2.24) is 0 Å². The van der Waals surface area contributed by atoms with E-state index in [4.69, 9.17) is 0 Å². The summed E-state index contributed by atoms with van der Waals surface area (Å²) in [5.74, 6) is 2.78. The van der Waals surface area contributed by atoms with E-state index in [1.807, 2.05) is 0 Å². The molecule has 3 saturated carbocycles. The molecule has 0 heterocycles. The number of rotatable bonds is 2. The van der Waals surface area contributed by atoms with Crippen LogP contribution < -0.4 is 0 Å². The minimum Gasteiger partial charge on any atom is -0.396 e. The Kier molecular flexibility index (Phi) is 4.33. The van der Waals surface area contributed by atoms with Crippen molar-refractivity contribution in [3.05, 3.63) is 11.6 Å². The lowest BCUT2D eigenvalue weighted by Crippen LogP contribution is -2.58. The molecule has 1 N–H and O–H groups in total. The lowest BCUT2D eigenvalue weighted by atomic mass is 9.39. The fourth-order valence-electron chi connectivity index (χ4n) is 8.61. The van der Waals surface area contributed by atoms with Crippen LogP contribution in [-0.4, -0.2) is 17.5 Å². The van der Waals surface area contributed by atoms with Crippen molar-refractivity contribution in [1.29, 1.82) is 0 Å². The van der Waals surface area contributed by atoms with Crippen LogP contribution >= 0.6 is 0 Å². The second kappa shape index (κ2) is 5.94. The molecule has 0 aliphatic heterocycles. The van der Waals surface area contributed by atoms with Crippen molar-refractivity contribution in [3.63, 3.8) is 0 Å². The highest BCUT2D eigenvalue weighted by molar-refractivity contribution is 5.88. The average molecular weight is 373 g/mol. The normalized spacial score (nSPS) is 49.7. The third-order valence-electron chi connectivity index (χ3n) is 10.6. The average Bonchev–Trinajstić information content (AvgIpc) is 2.89. The van der Waals surface area contributed by atoms with Crippen LogP contribution in [0.3, 0.4) is 0 Å². The number of hydrogen-bond donors (Lipinski definition) is 1. The molecular weight excluding hydrogens is 332 g/mol. The topological polar surface area (TPSA) is 37.3 Å². The highest BCUT2D eigenvalue weighted by Gasteiger charge is 2.67. The van der Waals surface area contributed by atoms with E-state index >= 15 is 0 Å². The van der Waals surface area contributed by atoms with E-state index in [-0.39, 0.29) is 5.41 Å². The molecule has 0 bridgehead atoms. The maximum absolute atomic E-state index is 12.6. The molecule has 4 rings (SSSR count). The van der Waals surface area contributed by atoms with Crippen molar-refractivity contribution >= 4 is 5.78 Å².